The van der Waals surface area contributed by atoms with Gasteiger partial charge in [0.05, 0.1) is 11.4 Å². The van der Waals surface area contributed by atoms with E-state index in [0.717, 1.165) is 68.1 Å². The number of aromatic nitrogens is 3. The maximum Gasteiger partial charge on any atom is 0.239 e. The highest BCUT2D eigenvalue weighted by atomic mass is 16.1. The second-order valence-electron chi connectivity index (χ2n) is 7.49. The lowest BCUT2D eigenvalue weighted by molar-refractivity contribution is -0.121. The molecule has 0 aromatic carbocycles. The van der Waals surface area contributed by atoms with Crippen molar-refractivity contribution in [2.75, 3.05) is 46.3 Å². The van der Waals surface area contributed by atoms with E-state index in [2.05, 4.69) is 38.2 Å². The Morgan fingerprint density at radius 2 is 2.07 bits per heavy atom. The predicted octanol–water partition coefficient (Wildman–Crippen LogP) is 1.79. The van der Waals surface area contributed by atoms with Gasteiger partial charge in [-0.15, -0.1) is 0 Å². The first kappa shape index (κ1) is 18.7. The zero-order valence-electron chi connectivity index (χ0n) is 16.4. The third-order valence-electron chi connectivity index (χ3n) is 5.38. The molecule has 2 N–H and O–H groups in total. The van der Waals surface area contributed by atoms with Crippen molar-refractivity contribution in [1.82, 2.24) is 29.7 Å². The molecule has 4 rings (SSSR count). The molecule has 1 fully saturated rings. The van der Waals surface area contributed by atoms with Crippen LogP contribution in [0.4, 0.5) is 0 Å². The van der Waals surface area contributed by atoms with Crippen LogP contribution in [0.15, 0.2) is 42.7 Å². The molecule has 3 aromatic heterocycles. The molecule has 7 nitrogen and oxygen atoms in total. The van der Waals surface area contributed by atoms with E-state index >= 15 is 0 Å². The van der Waals surface area contributed by atoms with E-state index in [1.165, 1.54) is 0 Å². The summed E-state index contributed by atoms with van der Waals surface area (Å²) in [6.45, 7) is 6.59. The van der Waals surface area contributed by atoms with Crippen LogP contribution in [0.1, 0.15) is 6.42 Å². The molecule has 1 amide bonds. The normalized spacial score (nSPS) is 15.9. The highest BCUT2D eigenvalue weighted by Gasteiger charge is 2.13. The number of nitrogens with one attached hydrogen (secondary N) is 2. The molecule has 1 aliphatic rings. The molecule has 0 saturated carbocycles. The van der Waals surface area contributed by atoms with Gasteiger partial charge in [0.2, 0.25) is 5.91 Å². The van der Waals surface area contributed by atoms with Crippen LogP contribution in [0.2, 0.25) is 0 Å². The van der Waals surface area contributed by atoms with Crippen LogP contribution < -0.4 is 5.32 Å². The fourth-order valence-electron chi connectivity index (χ4n) is 3.70. The minimum absolute atomic E-state index is 0.0464. The van der Waals surface area contributed by atoms with Crippen molar-refractivity contribution in [1.29, 1.82) is 0 Å². The molecular formula is C21H28N6O. The van der Waals surface area contributed by atoms with Crippen LogP contribution in [0.5, 0.6) is 0 Å². The number of hydrogen-bond acceptors (Lipinski definition) is 4. The Kier molecular flexibility index (Phi) is 5.73. The Hall–Kier alpha value is -2.64. The molecule has 4 heterocycles. The zero-order chi connectivity index (χ0) is 19.3. The van der Waals surface area contributed by atoms with Crippen molar-refractivity contribution in [2.24, 2.45) is 0 Å². The second-order valence-corrected chi connectivity index (χ2v) is 7.49. The zero-order valence-corrected chi connectivity index (χ0v) is 16.4. The summed E-state index contributed by atoms with van der Waals surface area (Å²) in [5.74, 6) is 0.0464. The van der Waals surface area contributed by atoms with Gasteiger partial charge in [-0.05, 0) is 50.3 Å². The van der Waals surface area contributed by atoms with Gasteiger partial charge >= 0.3 is 0 Å². The van der Waals surface area contributed by atoms with Gasteiger partial charge in [-0.1, -0.05) is 0 Å². The lowest BCUT2D eigenvalue weighted by Crippen LogP contribution is -2.45. The molecule has 7 heteroatoms. The number of nitrogens with zero attached hydrogens (tertiary/aromatic N) is 4. The van der Waals surface area contributed by atoms with Crippen LogP contribution >= 0.6 is 0 Å². The smallest absolute Gasteiger partial charge is 0.239 e. The predicted molar refractivity (Wildman–Crippen MR) is 111 cm³/mol. The number of pyridine rings is 1. The minimum atomic E-state index is 0.0464. The Morgan fingerprint density at radius 1 is 1.21 bits per heavy atom. The Balaban J connectivity index is 1.28. The third kappa shape index (κ3) is 4.43. The van der Waals surface area contributed by atoms with Gasteiger partial charge in [0.1, 0.15) is 12.2 Å². The van der Waals surface area contributed by atoms with E-state index in [1.807, 2.05) is 35.0 Å². The summed E-state index contributed by atoms with van der Waals surface area (Å²) >= 11 is 0. The third-order valence-corrected chi connectivity index (χ3v) is 5.38. The first-order valence-corrected chi connectivity index (χ1v) is 9.96. The number of hydrogen-bond donors (Lipinski definition) is 2. The summed E-state index contributed by atoms with van der Waals surface area (Å²) in [6.07, 6.45) is 4.71. The van der Waals surface area contributed by atoms with Gasteiger partial charge in [-0.2, -0.15) is 0 Å². The van der Waals surface area contributed by atoms with Crippen molar-refractivity contribution in [3.05, 3.63) is 42.7 Å². The fourth-order valence-corrected chi connectivity index (χ4v) is 3.70. The van der Waals surface area contributed by atoms with Gasteiger partial charge in [0, 0.05) is 50.5 Å². The molecule has 0 aliphatic carbocycles. The van der Waals surface area contributed by atoms with Gasteiger partial charge in [-0.25, -0.2) is 4.98 Å². The van der Waals surface area contributed by atoms with Crippen molar-refractivity contribution in [3.8, 4) is 11.4 Å². The van der Waals surface area contributed by atoms with E-state index < -0.39 is 0 Å². The molecule has 0 spiro atoms. The van der Waals surface area contributed by atoms with E-state index in [9.17, 15) is 4.79 Å². The Morgan fingerprint density at radius 3 is 2.89 bits per heavy atom. The summed E-state index contributed by atoms with van der Waals surface area (Å²) in [5, 5.41) is 4.12. The minimum Gasteiger partial charge on any atom is -0.355 e. The number of rotatable bonds is 7. The summed E-state index contributed by atoms with van der Waals surface area (Å²) < 4.78 is 1.97. The largest absolute Gasteiger partial charge is 0.355 e. The number of aromatic amines is 1. The summed E-state index contributed by atoms with van der Waals surface area (Å²) in [5.41, 5.74) is 2.82. The quantitative estimate of drug-likeness (QED) is 0.613. The first-order chi connectivity index (χ1) is 13.7. The molecule has 0 bridgehead atoms. The van der Waals surface area contributed by atoms with Crippen LogP contribution in [-0.4, -0.2) is 76.6 Å². The number of amides is 1. The summed E-state index contributed by atoms with van der Waals surface area (Å²) in [4.78, 5) is 24.9. The number of carbonyl (C=O) groups is 1. The monoisotopic (exact) mass is 380 g/mol. The van der Waals surface area contributed by atoms with E-state index in [1.54, 1.807) is 6.20 Å². The van der Waals surface area contributed by atoms with E-state index in [-0.39, 0.29) is 5.91 Å². The molecule has 0 radical (unpaired) electrons. The average molecular weight is 380 g/mol. The number of fused-ring (bicyclic) bond motifs is 1. The van der Waals surface area contributed by atoms with Crippen molar-refractivity contribution >= 4 is 16.9 Å². The summed E-state index contributed by atoms with van der Waals surface area (Å²) in [6, 6.07) is 10.0. The Bertz CT molecular complexity index is 889. The van der Waals surface area contributed by atoms with Crippen molar-refractivity contribution < 1.29 is 4.79 Å². The molecule has 0 atom stereocenters. The Labute approximate surface area is 165 Å². The molecule has 0 unspecified atom stereocenters. The van der Waals surface area contributed by atoms with Crippen molar-refractivity contribution in [3.63, 3.8) is 0 Å². The highest BCUT2D eigenvalue weighted by molar-refractivity contribution is 5.83. The standard InChI is InChI=1S/C21H28N6O/c1-25-11-13-26(14-12-25)9-4-8-22-20(28)16-27-10-3-6-19(27)18-15-17-5-2-7-23-21(17)24-18/h2-3,5-7,10,15H,4,8-9,11-14,16H2,1H3,(H,22,28)(H,23,24). The highest BCUT2D eigenvalue weighted by Crippen LogP contribution is 2.23. The van der Waals surface area contributed by atoms with Gasteiger partial charge in [0.15, 0.2) is 0 Å². The first-order valence-electron chi connectivity index (χ1n) is 9.96. The average Bonchev–Trinajstić information content (AvgIpc) is 3.33. The molecular weight excluding hydrogens is 352 g/mol. The SMILES string of the molecule is CN1CCN(CCCNC(=O)Cn2cccc2-c2cc3cccnc3[nH]2)CC1. The molecule has 1 aliphatic heterocycles. The maximum atomic E-state index is 12.4. The second kappa shape index (κ2) is 8.58. The van der Waals surface area contributed by atoms with Crippen LogP contribution in [0, 0.1) is 0 Å². The summed E-state index contributed by atoms with van der Waals surface area (Å²) in [7, 11) is 2.17. The molecule has 1 saturated heterocycles. The maximum absolute atomic E-state index is 12.4. The van der Waals surface area contributed by atoms with Crippen LogP contribution in [0.3, 0.4) is 0 Å². The lowest BCUT2D eigenvalue weighted by atomic mass is 10.2. The number of likely N-dealkylation sites (N-methyl/N-ethyl adjacent to an activating group) is 1. The number of H-pyrrole nitrogens is 1. The van der Waals surface area contributed by atoms with Gasteiger partial charge in [0.25, 0.3) is 0 Å². The molecule has 3 aromatic rings. The topological polar surface area (TPSA) is 69.2 Å². The molecule has 148 valence electrons. The van der Waals surface area contributed by atoms with Crippen molar-refractivity contribution in [2.45, 2.75) is 13.0 Å². The fraction of sp³-hybridized carbons (Fsp3) is 0.429. The van der Waals surface area contributed by atoms with Gasteiger partial charge in [-0.3, -0.25) is 4.79 Å². The van der Waals surface area contributed by atoms with Crippen LogP contribution in [0.25, 0.3) is 22.4 Å². The van der Waals surface area contributed by atoms with E-state index in [0.29, 0.717) is 6.54 Å². The van der Waals surface area contributed by atoms with Crippen LogP contribution in [-0.2, 0) is 11.3 Å². The number of piperazine rings is 1. The van der Waals surface area contributed by atoms with E-state index in [4.69, 9.17) is 0 Å². The lowest BCUT2D eigenvalue weighted by Gasteiger charge is -2.32. The molecule has 28 heavy (non-hydrogen) atoms. The number of carbonyl (C=O) groups excluding carboxylic acids is 1. The van der Waals surface area contributed by atoms with Gasteiger partial charge < -0.3 is 24.7 Å².